The predicted molar refractivity (Wildman–Crippen MR) is 58.6 cm³/mol. The number of hydrogen-bond acceptors (Lipinski definition) is 4. The van der Waals surface area contributed by atoms with E-state index in [1.807, 2.05) is 6.92 Å². The van der Waals surface area contributed by atoms with Crippen molar-refractivity contribution >= 4 is 0 Å². The number of aromatic nitrogens is 1. The van der Waals surface area contributed by atoms with Crippen molar-refractivity contribution in [2.24, 2.45) is 5.73 Å². The maximum Gasteiger partial charge on any atom is 0.197 e. The number of nitrogens with two attached hydrogens (primary N) is 1. The van der Waals surface area contributed by atoms with Gasteiger partial charge in [0.15, 0.2) is 5.89 Å². The molecule has 0 bridgehead atoms. The van der Waals surface area contributed by atoms with Crippen molar-refractivity contribution in [1.29, 1.82) is 0 Å². The van der Waals surface area contributed by atoms with Crippen molar-refractivity contribution in [3.05, 3.63) is 17.8 Å². The van der Waals surface area contributed by atoms with E-state index in [1.54, 1.807) is 6.26 Å². The molecule has 2 N–H and O–H groups in total. The van der Waals surface area contributed by atoms with Gasteiger partial charge in [-0.05, 0) is 39.9 Å². The van der Waals surface area contributed by atoms with Gasteiger partial charge in [0, 0.05) is 12.0 Å². The SMILES string of the molecule is CC(N)c1coc(C2CCN(C)CC2)n1. The van der Waals surface area contributed by atoms with E-state index < -0.39 is 0 Å². The molecule has 0 radical (unpaired) electrons. The molecule has 2 heterocycles. The first kappa shape index (κ1) is 10.6. The van der Waals surface area contributed by atoms with Crippen LogP contribution in [0.1, 0.15) is 43.3 Å². The number of hydrogen-bond donors (Lipinski definition) is 1. The Morgan fingerprint density at radius 2 is 2.20 bits per heavy atom. The molecule has 1 aliphatic rings. The Bertz CT molecular complexity index is 313. The summed E-state index contributed by atoms with van der Waals surface area (Å²) in [7, 11) is 2.15. The summed E-state index contributed by atoms with van der Waals surface area (Å²) < 4.78 is 5.49. The number of rotatable bonds is 2. The highest BCUT2D eigenvalue weighted by Gasteiger charge is 2.22. The van der Waals surface area contributed by atoms with Crippen LogP contribution in [0.2, 0.25) is 0 Å². The number of nitrogens with zero attached hydrogens (tertiary/aromatic N) is 2. The molecule has 84 valence electrons. The van der Waals surface area contributed by atoms with Crippen LogP contribution in [0.5, 0.6) is 0 Å². The molecule has 1 fully saturated rings. The van der Waals surface area contributed by atoms with E-state index in [4.69, 9.17) is 10.2 Å². The molecule has 0 spiro atoms. The second-order valence-electron chi connectivity index (χ2n) is 4.48. The van der Waals surface area contributed by atoms with Crippen LogP contribution in [0.4, 0.5) is 0 Å². The molecule has 0 aromatic carbocycles. The zero-order chi connectivity index (χ0) is 10.8. The summed E-state index contributed by atoms with van der Waals surface area (Å²) in [6.07, 6.45) is 3.96. The maximum absolute atomic E-state index is 5.75. The summed E-state index contributed by atoms with van der Waals surface area (Å²) in [5.41, 5.74) is 6.61. The van der Waals surface area contributed by atoms with E-state index in [2.05, 4.69) is 16.9 Å². The number of likely N-dealkylation sites (tertiary alicyclic amines) is 1. The Labute approximate surface area is 90.5 Å². The topological polar surface area (TPSA) is 55.3 Å². The molecular weight excluding hydrogens is 190 g/mol. The minimum atomic E-state index is -0.0336. The Kier molecular flexibility index (Phi) is 3.07. The van der Waals surface area contributed by atoms with Gasteiger partial charge in [0.2, 0.25) is 0 Å². The zero-order valence-electron chi connectivity index (χ0n) is 9.44. The summed E-state index contributed by atoms with van der Waals surface area (Å²) in [5, 5.41) is 0. The van der Waals surface area contributed by atoms with Crippen LogP contribution in [0.3, 0.4) is 0 Å². The molecule has 1 atom stereocenters. The molecule has 4 heteroatoms. The smallest absolute Gasteiger partial charge is 0.197 e. The molecule has 2 rings (SSSR count). The second kappa shape index (κ2) is 4.33. The van der Waals surface area contributed by atoms with E-state index in [0.717, 1.165) is 37.5 Å². The molecule has 0 amide bonds. The Morgan fingerprint density at radius 1 is 1.53 bits per heavy atom. The molecule has 1 unspecified atom stereocenters. The largest absolute Gasteiger partial charge is 0.448 e. The van der Waals surface area contributed by atoms with Crippen molar-refractivity contribution in [1.82, 2.24) is 9.88 Å². The average Bonchev–Trinajstić information content (AvgIpc) is 2.68. The van der Waals surface area contributed by atoms with Crippen LogP contribution >= 0.6 is 0 Å². The standard InChI is InChI=1S/C11H19N3O/c1-8(12)10-7-15-11(13-10)9-3-5-14(2)6-4-9/h7-9H,3-6,12H2,1-2H3. The van der Waals surface area contributed by atoms with E-state index in [0.29, 0.717) is 5.92 Å². The van der Waals surface area contributed by atoms with Gasteiger partial charge < -0.3 is 15.1 Å². The van der Waals surface area contributed by atoms with Crippen molar-refractivity contribution in [3.8, 4) is 0 Å². The van der Waals surface area contributed by atoms with Crippen molar-refractivity contribution < 1.29 is 4.42 Å². The first-order valence-corrected chi connectivity index (χ1v) is 5.56. The lowest BCUT2D eigenvalue weighted by Gasteiger charge is -2.26. The molecule has 15 heavy (non-hydrogen) atoms. The molecule has 0 saturated carbocycles. The second-order valence-corrected chi connectivity index (χ2v) is 4.48. The van der Waals surface area contributed by atoms with Gasteiger partial charge in [-0.1, -0.05) is 0 Å². The van der Waals surface area contributed by atoms with Crippen LogP contribution in [0.15, 0.2) is 10.7 Å². The molecule has 4 nitrogen and oxygen atoms in total. The quantitative estimate of drug-likeness (QED) is 0.802. The molecule has 1 aromatic heterocycles. The minimum Gasteiger partial charge on any atom is -0.448 e. The van der Waals surface area contributed by atoms with Gasteiger partial charge in [0.1, 0.15) is 6.26 Å². The van der Waals surface area contributed by atoms with Gasteiger partial charge in [0.25, 0.3) is 0 Å². The van der Waals surface area contributed by atoms with E-state index in [1.165, 1.54) is 0 Å². The molecule has 0 aliphatic carbocycles. The lowest BCUT2D eigenvalue weighted by Crippen LogP contribution is -2.29. The van der Waals surface area contributed by atoms with E-state index >= 15 is 0 Å². The fraction of sp³-hybridized carbons (Fsp3) is 0.727. The predicted octanol–water partition coefficient (Wildman–Crippen LogP) is 1.50. The van der Waals surface area contributed by atoms with Gasteiger partial charge in [-0.2, -0.15) is 0 Å². The molecule has 1 aromatic rings. The fourth-order valence-electron chi connectivity index (χ4n) is 1.95. The van der Waals surface area contributed by atoms with Crippen LogP contribution < -0.4 is 5.73 Å². The minimum absolute atomic E-state index is 0.0336. The first-order valence-electron chi connectivity index (χ1n) is 5.56. The van der Waals surface area contributed by atoms with Gasteiger partial charge in [-0.25, -0.2) is 4.98 Å². The molecular formula is C11H19N3O. The molecule has 1 aliphatic heterocycles. The summed E-state index contributed by atoms with van der Waals surface area (Å²) in [6.45, 7) is 4.18. The summed E-state index contributed by atoms with van der Waals surface area (Å²) in [6, 6.07) is -0.0336. The summed E-state index contributed by atoms with van der Waals surface area (Å²) >= 11 is 0. The monoisotopic (exact) mass is 209 g/mol. The fourth-order valence-corrected chi connectivity index (χ4v) is 1.95. The Morgan fingerprint density at radius 3 is 2.73 bits per heavy atom. The van der Waals surface area contributed by atoms with Crippen molar-refractivity contribution in [3.63, 3.8) is 0 Å². The van der Waals surface area contributed by atoms with Crippen LogP contribution in [-0.4, -0.2) is 30.0 Å². The third-order valence-electron chi connectivity index (χ3n) is 3.07. The van der Waals surface area contributed by atoms with Gasteiger partial charge in [-0.3, -0.25) is 0 Å². The highest BCUT2D eigenvalue weighted by Crippen LogP contribution is 2.27. The lowest BCUT2D eigenvalue weighted by molar-refractivity contribution is 0.237. The van der Waals surface area contributed by atoms with Crippen LogP contribution in [0.25, 0.3) is 0 Å². The van der Waals surface area contributed by atoms with E-state index in [9.17, 15) is 0 Å². The highest BCUT2D eigenvalue weighted by atomic mass is 16.3. The van der Waals surface area contributed by atoms with Gasteiger partial charge >= 0.3 is 0 Å². The third-order valence-corrected chi connectivity index (χ3v) is 3.07. The normalized spacial score (nSPS) is 21.8. The first-order chi connectivity index (χ1) is 7.16. The summed E-state index contributed by atoms with van der Waals surface area (Å²) in [4.78, 5) is 6.79. The third kappa shape index (κ3) is 2.38. The summed E-state index contributed by atoms with van der Waals surface area (Å²) in [5.74, 6) is 1.35. The van der Waals surface area contributed by atoms with Gasteiger partial charge in [0.05, 0.1) is 5.69 Å². The van der Waals surface area contributed by atoms with Crippen LogP contribution in [0, 0.1) is 0 Å². The number of oxazole rings is 1. The van der Waals surface area contributed by atoms with Crippen molar-refractivity contribution in [2.45, 2.75) is 31.7 Å². The molecule has 1 saturated heterocycles. The highest BCUT2D eigenvalue weighted by molar-refractivity contribution is 5.05. The zero-order valence-corrected chi connectivity index (χ0v) is 9.44. The average molecular weight is 209 g/mol. The maximum atomic E-state index is 5.75. The van der Waals surface area contributed by atoms with Gasteiger partial charge in [-0.15, -0.1) is 0 Å². The van der Waals surface area contributed by atoms with E-state index in [-0.39, 0.29) is 6.04 Å². The lowest BCUT2D eigenvalue weighted by atomic mass is 9.97. The van der Waals surface area contributed by atoms with Crippen molar-refractivity contribution in [2.75, 3.05) is 20.1 Å². The number of piperidine rings is 1. The Balaban J connectivity index is 2.03. The Hall–Kier alpha value is -0.870. The van der Waals surface area contributed by atoms with Crippen LogP contribution in [-0.2, 0) is 0 Å².